The normalized spacial score (nSPS) is 10.9. The lowest BCUT2D eigenvalue weighted by molar-refractivity contribution is 0.465. The summed E-state index contributed by atoms with van der Waals surface area (Å²) in [6.45, 7) is 2.01. The Morgan fingerprint density at radius 2 is 2.10 bits per heavy atom. The molecule has 102 valence electrons. The van der Waals surface area contributed by atoms with E-state index in [4.69, 9.17) is 16.0 Å². The molecule has 0 unspecified atom stereocenters. The second kappa shape index (κ2) is 5.90. The molecule has 2 aromatic heterocycles. The van der Waals surface area contributed by atoms with Gasteiger partial charge in [0.25, 0.3) is 5.22 Å². The minimum absolute atomic E-state index is 0.493. The molecule has 1 aromatic carbocycles. The van der Waals surface area contributed by atoms with Crippen LogP contribution in [0.25, 0.3) is 11.5 Å². The van der Waals surface area contributed by atoms with Gasteiger partial charge >= 0.3 is 0 Å². The standard InChI is InChI=1S/C12H9ClN4OS2/c1-7-4-2-3-5-8(7)11-15-16-12(18-11)19-6-9-10(13)20-17-14-9/h2-5H,6H2,1H3. The first-order valence-corrected chi connectivity index (χ1v) is 7.87. The fourth-order valence-corrected chi connectivity index (χ4v) is 3.10. The summed E-state index contributed by atoms with van der Waals surface area (Å²) in [5.41, 5.74) is 2.77. The number of halogens is 1. The molecule has 2 heterocycles. The van der Waals surface area contributed by atoms with Gasteiger partial charge in [-0.15, -0.1) is 15.3 Å². The maximum absolute atomic E-state index is 5.94. The van der Waals surface area contributed by atoms with E-state index in [1.54, 1.807) is 0 Å². The monoisotopic (exact) mass is 324 g/mol. The van der Waals surface area contributed by atoms with Gasteiger partial charge in [0.05, 0.1) is 0 Å². The Kier molecular flexibility index (Phi) is 4.00. The predicted octanol–water partition coefficient (Wildman–Crippen LogP) is 3.84. The molecular formula is C12H9ClN4OS2. The lowest BCUT2D eigenvalue weighted by Crippen LogP contribution is -1.82. The molecule has 0 bridgehead atoms. The molecule has 3 rings (SSSR count). The Hall–Kier alpha value is -1.44. The van der Waals surface area contributed by atoms with Crippen LogP contribution in [0, 0.1) is 6.92 Å². The second-order valence-corrected chi connectivity index (χ2v) is 6.25. The zero-order chi connectivity index (χ0) is 13.9. The van der Waals surface area contributed by atoms with E-state index in [0.29, 0.717) is 21.2 Å². The third-order valence-corrected chi connectivity index (χ3v) is 4.44. The van der Waals surface area contributed by atoms with Crippen LogP contribution in [-0.4, -0.2) is 19.8 Å². The van der Waals surface area contributed by atoms with Crippen LogP contribution >= 0.6 is 34.9 Å². The number of nitrogens with zero attached hydrogens (tertiary/aromatic N) is 4. The Morgan fingerprint density at radius 1 is 1.25 bits per heavy atom. The van der Waals surface area contributed by atoms with Gasteiger partial charge in [0, 0.05) is 22.8 Å². The highest BCUT2D eigenvalue weighted by Gasteiger charge is 2.12. The smallest absolute Gasteiger partial charge is 0.277 e. The number of aryl methyl sites for hydroxylation is 1. The van der Waals surface area contributed by atoms with Crippen molar-refractivity contribution in [3.63, 3.8) is 0 Å². The van der Waals surface area contributed by atoms with Gasteiger partial charge < -0.3 is 4.42 Å². The fourth-order valence-electron chi connectivity index (χ4n) is 1.60. The summed E-state index contributed by atoms with van der Waals surface area (Å²) in [5.74, 6) is 1.08. The molecule has 0 saturated heterocycles. The van der Waals surface area contributed by atoms with Crippen LogP contribution in [0.1, 0.15) is 11.3 Å². The van der Waals surface area contributed by atoms with Crippen molar-refractivity contribution in [2.75, 3.05) is 0 Å². The molecule has 0 atom stereocenters. The van der Waals surface area contributed by atoms with E-state index in [9.17, 15) is 0 Å². The van der Waals surface area contributed by atoms with E-state index < -0.39 is 0 Å². The summed E-state index contributed by atoms with van der Waals surface area (Å²) in [6.07, 6.45) is 0. The van der Waals surface area contributed by atoms with E-state index in [0.717, 1.165) is 16.8 Å². The highest BCUT2D eigenvalue weighted by molar-refractivity contribution is 7.98. The molecule has 20 heavy (non-hydrogen) atoms. The Morgan fingerprint density at radius 3 is 2.85 bits per heavy atom. The molecule has 0 aliphatic carbocycles. The quantitative estimate of drug-likeness (QED) is 0.679. The van der Waals surface area contributed by atoms with Gasteiger partial charge in [-0.25, -0.2) is 0 Å². The molecule has 0 saturated carbocycles. The molecular weight excluding hydrogens is 316 g/mol. The summed E-state index contributed by atoms with van der Waals surface area (Å²) in [5, 5.41) is 12.5. The molecule has 8 heteroatoms. The molecule has 3 aromatic rings. The molecule has 0 N–H and O–H groups in total. The zero-order valence-corrected chi connectivity index (χ0v) is 12.8. The summed E-state index contributed by atoms with van der Waals surface area (Å²) >= 11 is 8.50. The van der Waals surface area contributed by atoms with Crippen molar-refractivity contribution in [1.82, 2.24) is 19.8 Å². The number of hydrogen-bond acceptors (Lipinski definition) is 7. The number of benzene rings is 1. The Labute approximate surface area is 128 Å². The number of rotatable bonds is 4. The van der Waals surface area contributed by atoms with Crippen molar-refractivity contribution in [3.8, 4) is 11.5 Å². The van der Waals surface area contributed by atoms with Crippen molar-refractivity contribution >= 4 is 34.9 Å². The van der Waals surface area contributed by atoms with Crippen LogP contribution in [0.15, 0.2) is 33.9 Å². The number of aromatic nitrogens is 4. The molecule has 0 aliphatic rings. The first-order chi connectivity index (χ1) is 9.74. The fraction of sp³-hybridized carbons (Fsp3) is 0.167. The van der Waals surface area contributed by atoms with Crippen LogP contribution in [-0.2, 0) is 5.75 Å². The van der Waals surface area contributed by atoms with E-state index in [2.05, 4.69) is 19.8 Å². The highest BCUT2D eigenvalue weighted by Crippen LogP contribution is 2.29. The van der Waals surface area contributed by atoms with Crippen molar-refractivity contribution in [1.29, 1.82) is 0 Å². The van der Waals surface area contributed by atoms with E-state index in [1.807, 2.05) is 31.2 Å². The van der Waals surface area contributed by atoms with Crippen LogP contribution in [0.4, 0.5) is 0 Å². The number of hydrogen-bond donors (Lipinski definition) is 0. The third kappa shape index (κ3) is 2.84. The van der Waals surface area contributed by atoms with E-state index in [-0.39, 0.29) is 0 Å². The Bertz CT molecular complexity index is 728. The van der Waals surface area contributed by atoms with E-state index >= 15 is 0 Å². The third-order valence-electron chi connectivity index (χ3n) is 2.62. The Balaban J connectivity index is 1.74. The minimum Gasteiger partial charge on any atom is -0.411 e. The molecule has 0 spiro atoms. The van der Waals surface area contributed by atoms with Gasteiger partial charge in [0.15, 0.2) is 0 Å². The maximum Gasteiger partial charge on any atom is 0.277 e. The van der Waals surface area contributed by atoms with E-state index in [1.165, 1.54) is 23.3 Å². The predicted molar refractivity (Wildman–Crippen MR) is 79.0 cm³/mol. The van der Waals surface area contributed by atoms with Gasteiger partial charge in [-0.3, -0.25) is 0 Å². The van der Waals surface area contributed by atoms with Gasteiger partial charge in [-0.2, -0.15) is 0 Å². The average Bonchev–Trinajstić information content (AvgIpc) is 3.06. The number of thioether (sulfide) groups is 1. The van der Waals surface area contributed by atoms with Crippen LogP contribution in [0.2, 0.25) is 4.34 Å². The lowest BCUT2D eigenvalue weighted by Gasteiger charge is -1.98. The van der Waals surface area contributed by atoms with Gasteiger partial charge in [0.1, 0.15) is 10.0 Å². The summed E-state index contributed by atoms with van der Waals surface area (Å²) in [6, 6.07) is 7.88. The molecule has 0 radical (unpaired) electrons. The second-order valence-electron chi connectivity index (χ2n) is 3.97. The molecule has 5 nitrogen and oxygen atoms in total. The van der Waals surface area contributed by atoms with Crippen molar-refractivity contribution in [2.24, 2.45) is 0 Å². The zero-order valence-electron chi connectivity index (χ0n) is 10.4. The summed E-state index contributed by atoms with van der Waals surface area (Å²) < 4.78 is 10.0. The van der Waals surface area contributed by atoms with Crippen LogP contribution < -0.4 is 0 Å². The van der Waals surface area contributed by atoms with Gasteiger partial charge in [0.2, 0.25) is 5.89 Å². The van der Waals surface area contributed by atoms with Crippen molar-refractivity contribution in [3.05, 3.63) is 39.9 Å². The van der Waals surface area contributed by atoms with Crippen LogP contribution in [0.3, 0.4) is 0 Å². The van der Waals surface area contributed by atoms with Gasteiger partial charge in [-0.1, -0.05) is 46.1 Å². The SMILES string of the molecule is Cc1ccccc1-c1nnc(SCc2nnsc2Cl)o1. The highest BCUT2D eigenvalue weighted by atomic mass is 35.5. The maximum atomic E-state index is 5.94. The molecule has 0 fully saturated rings. The average molecular weight is 325 g/mol. The topological polar surface area (TPSA) is 64.7 Å². The first-order valence-electron chi connectivity index (χ1n) is 5.73. The summed E-state index contributed by atoms with van der Waals surface area (Å²) in [7, 11) is 0. The van der Waals surface area contributed by atoms with Crippen molar-refractivity contribution < 1.29 is 4.42 Å². The first kappa shape index (κ1) is 13.5. The minimum atomic E-state index is 0.493. The summed E-state index contributed by atoms with van der Waals surface area (Å²) in [4.78, 5) is 0. The largest absolute Gasteiger partial charge is 0.411 e. The van der Waals surface area contributed by atoms with Crippen molar-refractivity contribution in [2.45, 2.75) is 17.9 Å². The molecule has 0 amide bonds. The van der Waals surface area contributed by atoms with Gasteiger partial charge in [-0.05, 0) is 18.6 Å². The van der Waals surface area contributed by atoms with Crippen LogP contribution in [0.5, 0.6) is 0 Å². The molecule has 0 aliphatic heterocycles. The lowest BCUT2D eigenvalue weighted by atomic mass is 10.1.